The van der Waals surface area contributed by atoms with E-state index in [0.29, 0.717) is 0 Å². The Balaban J connectivity index is 4.18. The Morgan fingerprint density at radius 3 is 1.65 bits per heavy atom. The van der Waals surface area contributed by atoms with Crippen LogP contribution in [0.3, 0.4) is 0 Å². The van der Waals surface area contributed by atoms with Crippen LogP contribution in [-0.2, 0) is 0 Å². The molecule has 3 heteroatoms. The third kappa shape index (κ3) is 7.58. The van der Waals surface area contributed by atoms with Crippen LogP contribution >= 0.6 is 12.2 Å². The quantitative estimate of drug-likeness (QED) is 0.579. The fraction of sp³-hybridized carbons (Fsp3) is 0.929. The lowest BCUT2D eigenvalue weighted by Crippen LogP contribution is -2.42. The van der Waals surface area contributed by atoms with Gasteiger partial charge in [0.15, 0.2) is 5.11 Å². The van der Waals surface area contributed by atoms with E-state index in [2.05, 4.69) is 37.6 Å². The molecule has 2 nitrogen and oxygen atoms in total. The van der Waals surface area contributed by atoms with Crippen molar-refractivity contribution in [3.63, 3.8) is 0 Å². The molecule has 0 aromatic rings. The molecule has 0 atom stereocenters. The Morgan fingerprint density at radius 1 is 0.824 bits per heavy atom. The molecule has 0 aliphatic heterocycles. The van der Waals surface area contributed by atoms with Gasteiger partial charge < -0.3 is 9.80 Å². The van der Waals surface area contributed by atoms with E-state index in [0.717, 1.165) is 24.7 Å². The summed E-state index contributed by atoms with van der Waals surface area (Å²) >= 11 is 5.59. The van der Waals surface area contributed by atoms with Crippen LogP contribution in [0.15, 0.2) is 0 Å². The van der Waals surface area contributed by atoms with E-state index < -0.39 is 0 Å². The van der Waals surface area contributed by atoms with Crippen molar-refractivity contribution in [1.29, 1.82) is 0 Å². The van der Waals surface area contributed by atoms with E-state index in [9.17, 15) is 0 Å². The smallest absolute Gasteiger partial charge is 0.171 e. The van der Waals surface area contributed by atoms with Gasteiger partial charge in [0.25, 0.3) is 0 Å². The molecule has 0 rings (SSSR count). The molecular weight excluding hydrogens is 228 g/mol. The highest BCUT2D eigenvalue weighted by molar-refractivity contribution is 7.80. The van der Waals surface area contributed by atoms with Crippen molar-refractivity contribution in [3.05, 3.63) is 0 Å². The topological polar surface area (TPSA) is 6.48 Å². The van der Waals surface area contributed by atoms with Crippen LogP contribution in [0.4, 0.5) is 0 Å². The lowest BCUT2D eigenvalue weighted by molar-refractivity contribution is 0.342. The molecule has 0 aliphatic rings. The van der Waals surface area contributed by atoms with Gasteiger partial charge in [-0.3, -0.25) is 0 Å². The fourth-order valence-electron chi connectivity index (χ4n) is 1.73. The molecule has 0 aromatic heterocycles. The minimum absolute atomic E-state index is 1.04. The second-order valence-electron chi connectivity index (χ2n) is 4.75. The molecule has 0 fully saturated rings. The minimum Gasteiger partial charge on any atom is -0.352 e. The summed E-state index contributed by atoms with van der Waals surface area (Å²) in [6.45, 7) is 10.0. The lowest BCUT2D eigenvalue weighted by atomic mass is 10.2. The van der Waals surface area contributed by atoms with Crippen LogP contribution in [0.25, 0.3) is 0 Å². The highest BCUT2D eigenvalue weighted by Gasteiger charge is 2.12. The molecule has 0 radical (unpaired) electrons. The van der Waals surface area contributed by atoms with Gasteiger partial charge in [0, 0.05) is 26.7 Å². The Labute approximate surface area is 113 Å². The average molecular weight is 258 g/mol. The molecule has 0 heterocycles. The zero-order chi connectivity index (χ0) is 13.1. The monoisotopic (exact) mass is 258 g/mol. The Hall–Kier alpha value is -0.310. The maximum Gasteiger partial charge on any atom is 0.171 e. The first-order valence-electron chi connectivity index (χ1n) is 7.17. The van der Waals surface area contributed by atoms with Gasteiger partial charge in [-0.05, 0) is 31.5 Å². The van der Waals surface area contributed by atoms with Crippen molar-refractivity contribution in [2.45, 2.75) is 59.3 Å². The molecule has 0 aromatic carbocycles. The first-order chi connectivity index (χ1) is 8.17. The van der Waals surface area contributed by atoms with Gasteiger partial charge in [0.2, 0.25) is 0 Å². The van der Waals surface area contributed by atoms with Crippen molar-refractivity contribution >= 4 is 17.3 Å². The van der Waals surface area contributed by atoms with Gasteiger partial charge in [0.1, 0.15) is 0 Å². The normalized spacial score (nSPS) is 10.4. The summed E-state index contributed by atoms with van der Waals surface area (Å²) in [5, 5.41) is 1.04. The average Bonchev–Trinajstić information content (AvgIpc) is 2.35. The van der Waals surface area contributed by atoms with E-state index in [-0.39, 0.29) is 0 Å². The van der Waals surface area contributed by atoms with Crippen molar-refractivity contribution in [1.82, 2.24) is 9.80 Å². The molecule has 0 bridgehead atoms. The molecule has 17 heavy (non-hydrogen) atoms. The van der Waals surface area contributed by atoms with E-state index >= 15 is 0 Å². The first kappa shape index (κ1) is 16.7. The number of hydrogen-bond acceptors (Lipinski definition) is 1. The van der Waals surface area contributed by atoms with Crippen molar-refractivity contribution in [2.75, 3.05) is 26.7 Å². The predicted molar refractivity (Wildman–Crippen MR) is 81.5 cm³/mol. The maximum atomic E-state index is 5.59. The zero-order valence-corrected chi connectivity index (χ0v) is 13.0. The highest BCUT2D eigenvalue weighted by Crippen LogP contribution is 2.05. The summed E-state index contributed by atoms with van der Waals surface area (Å²) in [5.41, 5.74) is 0. The second kappa shape index (κ2) is 10.8. The summed E-state index contributed by atoms with van der Waals surface area (Å²) in [5.74, 6) is 0. The van der Waals surface area contributed by atoms with Crippen molar-refractivity contribution in [2.24, 2.45) is 0 Å². The van der Waals surface area contributed by atoms with Crippen LogP contribution < -0.4 is 0 Å². The standard InChI is InChI=1S/C14H30N2S/c1-5-8-11-15(4)14(17)16(12-9-6-2)13-10-7-3/h5-13H2,1-4H3. The SMILES string of the molecule is CCCCN(C)C(=S)N(CCCC)CCCC. The molecule has 0 N–H and O–H groups in total. The molecule has 0 saturated heterocycles. The Bertz CT molecular complexity index is 187. The molecule has 0 saturated carbocycles. The number of thiocarbonyl (C=S) groups is 1. The third-order valence-corrected chi connectivity index (χ3v) is 3.58. The van der Waals surface area contributed by atoms with Crippen LogP contribution in [0, 0.1) is 0 Å². The summed E-state index contributed by atoms with van der Waals surface area (Å²) < 4.78 is 0. The number of nitrogens with zero attached hydrogens (tertiary/aromatic N) is 2. The largest absolute Gasteiger partial charge is 0.352 e. The second-order valence-corrected chi connectivity index (χ2v) is 5.12. The highest BCUT2D eigenvalue weighted by atomic mass is 32.1. The fourth-order valence-corrected chi connectivity index (χ4v) is 2.01. The van der Waals surface area contributed by atoms with Gasteiger partial charge in [-0.1, -0.05) is 40.0 Å². The lowest BCUT2D eigenvalue weighted by Gasteiger charge is -2.31. The van der Waals surface area contributed by atoms with Gasteiger partial charge in [-0.15, -0.1) is 0 Å². The van der Waals surface area contributed by atoms with E-state index in [1.54, 1.807) is 0 Å². The van der Waals surface area contributed by atoms with Crippen LogP contribution in [-0.4, -0.2) is 41.6 Å². The van der Waals surface area contributed by atoms with Crippen LogP contribution in [0.1, 0.15) is 59.3 Å². The number of unbranched alkanes of at least 4 members (excludes halogenated alkanes) is 3. The predicted octanol–water partition coefficient (Wildman–Crippen LogP) is 3.91. The van der Waals surface area contributed by atoms with E-state index in [1.807, 2.05) is 0 Å². The zero-order valence-electron chi connectivity index (χ0n) is 12.2. The molecule has 0 aliphatic carbocycles. The van der Waals surface area contributed by atoms with Crippen LogP contribution in [0.2, 0.25) is 0 Å². The van der Waals surface area contributed by atoms with Crippen molar-refractivity contribution < 1.29 is 0 Å². The van der Waals surface area contributed by atoms with E-state index in [1.165, 1.54) is 38.5 Å². The summed E-state index contributed by atoms with van der Waals surface area (Å²) in [6, 6.07) is 0. The minimum atomic E-state index is 1.04. The molecule has 0 amide bonds. The van der Waals surface area contributed by atoms with Gasteiger partial charge in [0.05, 0.1) is 0 Å². The van der Waals surface area contributed by atoms with Gasteiger partial charge >= 0.3 is 0 Å². The summed E-state index contributed by atoms with van der Waals surface area (Å²) in [6.07, 6.45) is 7.42. The molecular formula is C14H30N2S. The van der Waals surface area contributed by atoms with Crippen molar-refractivity contribution in [3.8, 4) is 0 Å². The van der Waals surface area contributed by atoms with Gasteiger partial charge in [-0.25, -0.2) is 0 Å². The maximum absolute atomic E-state index is 5.59. The first-order valence-corrected chi connectivity index (χ1v) is 7.58. The van der Waals surface area contributed by atoms with Crippen LogP contribution in [0.5, 0.6) is 0 Å². The van der Waals surface area contributed by atoms with E-state index in [4.69, 9.17) is 12.2 Å². The number of rotatable bonds is 9. The molecule has 102 valence electrons. The Kier molecular flexibility index (Phi) is 10.6. The summed E-state index contributed by atoms with van der Waals surface area (Å²) in [7, 11) is 2.13. The Morgan fingerprint density at radius 2 is 1.24 bits per heavy atom. The van der Waals surface area contributed by atoms with Gasteiger partial charge in [-0.2, -0.15) is 0 Å². The summed E-state index contributed by atoms with van der Waals surface area (Å²) in [4.78, 5) is 4.63. The molecule has 0 unspecified atom stereocenters. The molecule has 0 spiro atoms. The third-order valence-electron chi connectivity index (χ3n) is 3.01. The number of hydrogen-bond donors (Lipinski definition) is 0.